The summed E-state index contributed by atoms with van der Waals surface area (Å²) in [5.74, 6) is -2.18. The van der Waals surface area contributed by atoms with Crippen LogP contribution in [0.15, 0.2) is 48.5 Å². The van der Waals surface area contributed by atoms with E-state index in [1.54, 1.807) is 0 Å². The van der Waals surface area contributed by atoms with E-state index in [0.717, 1.165) is 17.9 Å². The van der Waals surface area contributed by atoms with Crippen LogP contribution in [0.3, 0.4) is 0 Å². The minimum atomic E-state index is -0.976. The number of hydrogen-bond acceptors (Lipinski definition) is 3. The van der Waals surface area contributed by atoms with Crippen molar-refractivity contribution >= 4 is 11.8 Å². The second-order valence-corrected chi connectivity index (χ2v) is 5.17. The molecule has 132 valence electrons. The summed E-state index contributed by atoms with van der Waals surface area (Å²) in [6.07, 6.45) is 0.598. The molecular weight excluding hydrogens is 330 g/mol. The van der Waals surface area contributed by atoms with E-state index in [-0.39, 0.29) is 12.1 Å². The van der Waals surface area contributed by atoms with Gasteiger partial charge in [0.15, 0.2) is 0 Å². The quantitative estimate of drug-likeness (QED) is 0.719. The van der Waals surface area contributed by atoms with E-state index in [2.05, 4.69) is 10.6 Å². The Kier molecular flexibility index (Phi) is 6.88. The van der Waals surface area contributed by atoms with Crippen LogP contribution in [0.2, 0.25) is 0 Å². The zero-order chi connectivity index (χ0) is 18.1. The molecule has 0 bridgehead atoms. The van der Waals surface area contributed by atoms with Crippen LogP contribution in [0, 0.1) is 11.6 Å². The Bertz CT molecular complexity index is 724. The maximum Gasteiger partial charge on any atom is 0.254 e. The van der Waals surface area contributed by atoms with Gasteiger partial charge in [-0.3, -0.25) is 9.59 Å². The average molecular weight is 348 g/mol. The van der Waals surface area contributed by atoms with Crippen LogP contribution in [0.4, 0.5) is 8.78 Å². The van der Waals surface area contributed by atoms with Gasteiger partial charge in [0.2, 0.25) is 5.91 Å². The van der Waals surface area contributed by atoms with Crippen LogP contribution < -0.4 is 15.4 Å². The Hall–Kier alpha value is -2.96. The SMILES string of the molecule is O=C(CNC(=O)c1ccc(F)cc1F)NCCCOc1ccccc1. The molecule has 2 rings (SSSR count). The monoisotopic (exact) mass is 348 g/mol. The molecule has 0 heterocycles. The first-order valence-electron chi connectivity index (χ1n) is 7.74. The summed E-state index contributed by atoms with van der Waals surface area (Å²) in [6.45, 7) is 0.527. The van der Waals surface area contributed by atoms with Gasteiger partial charge in [0.05, 0.1) is 18.7 Å². The number of nitrogens with one attached hydrogen (secondary N) is 2. The van der Waals surface area contributed by atoms with E-state index in [9.17, 15) is 18.4 Å². The van der Waals surface area contributed by atoms with E-state index >= 15 is 0 Å². The molecule has 0 radical (unpaired) electrons. The Labute approximate surface area is 144 Å². The molecule has 0 spiro atoms. The highest BCUT2D eigenvalue weighted by Crippen LogP contribution is 2.09. The summed E-state index contributed by atoms with van der Waals surface area (Å²) < 4.78 is 31.7. The normalized spacial score (nSPS) is 10.2. The molecule has 5 nitrogen and oxygen atoms in total. The molecule has 0 saturated carbocycles. The number of benzene rings is 2. The summed E-state index contributed by atoms with van der Waals surface area (Å²) in [7, 11) is 0. The molecule has 0 atom stereocenters. The number of carbonyl (C=O) groups is 2. The summed E-state index contributed by atoms with van der Waals surface area (Å²) >= 11 is 0. The van der Waals surface area contributed by atoms with Crippen molar-refractivity contribution in [3.8, 4) is 5.75 Å². The van der Waals surface area contributed by atoms with Crippen LogP contribution in [0.25, 0.3) is 0 Å². The molecule has 0 aliphatic carbocycles. The maximum absolute atomic E-state index is 13.4. The van der Waals surface area contributed by atoms with Crippen LogP contribution in [0.5, 0.6) is 5.75 Å². The molecule has 0 unspecified atom stereocenters. The molecule has 7 heteroatoms. The molecule has 0 aliphatic rings. The lowest BCUT2D eigenvalue weighted by molar-refractivity contribution is -0.120. The van der Waals surface area contributed by atoms with Crippen LogP contribution in [-0.2, 0) is 4.79 Å². The van der Waals surface area contributed by atoms with Crippen molar-refractivity contribution in [2.45, 2.75) is 6.42 Å². The molecule has 0 aliphatic heterocycles. The maximum atomic E-state index is 13.4. The predicted molar refractivity (Wildman–Crippen MR) is 88.3 cm³/mol. The number of ether oxygens (including phenoxy) is 1. The fraction of sp³-hybridized carbons (Fsp3) is 0.222. The van der Waals surface area contributed by atoms with Gasteiger partial charge in [-0.1, -0.05) is 18.2 Å². The Morgan fingerprint density at radius 2 is 1.76 bits per heavy atom. The van der Waals surface area contributed by atoms with Gasteiger partial charge in [-0.05, 0) is 30.7 Å². The highest BCUT2D eigenvalue weighted by molar-refractivity contribution is 5.96. The van der Waals surface area contributed by atoms with Crippen molar-refractivity contribution in [1.82, 2.24) is 10.6 Å². The summed E-state index contributed by atoms with van der Waals surface area (Å²) in [5.41, 5.74) is -0.314. The van der Waals surface area contributed by atoms with Crippen molar-refractivity contribution < 1.29 is 23.1 Å². The fourth-order valence-electron chi connectivity index (χ4n) is 2.00. The zero-order valence-corrected chi connectivity index (χ0v) is 13.4. The van der Waals surface area contributed by atoms with E-state index in [0.29, 0.717) is 25.6 Å². The van der Waals surface area contributed by atoms with Gasteiger partial charge in [-0.25, -0.2) is 8.78 Å². The number of amides is 2. The largest absolute Gasteiger partial charge is 0.494 e. The molecule has 2 aromatic rings. The number of para-hydroxylation sites is 1. The second-order valence-electron chi connectivity index (χ2n) is 5.17. The minimum absolute atomic E-state index is 0.296. The summed E-state index contributed by atoms with van der Waals surface area (Å²) in [5, 5.41) is 4.89. The standard InChI is InChI=1S/C18H18F2N2O3/c19-13-7-8-15(16(20)11-13)18(24)22-12-17(23)21-9-4-10-25-14-5-2-1-3-6-14/h1-3,5-8,11H,4,9-10,12H2,(H,21,23)(H,22,24). The van der Waals surface area contributed by atoms with Crippen LogP contribution in [0.1, 0.15) is 16.8 Å². The van der Waals surface area contributed by atoms with Gasteiger partial charge in [0.25, 0.3) is 5.91 Å². The van der Waals surface area contributed by atoms with E-state index in [1.165, 1.54) is 0 Å². The van der Waals surface area contributed by atoms with Gasteiger partial charge in [0.1, 0.15) is 17.4 Å². The molecule has 0 aromatic heterocycles. The smallest absolute Gasteiger partial charge is 0.254 e. The summed E-state index contributed by atoms with van der Waals surface area (Å²) in [4.78, 5) is 23.4. The highest BCUT2D eigenvalue weighted by atomic mass is 19.1. The van der Waals surface area contributed by atoms with Crippen molar-refractivity contribution in [3.63, 3.8) is 0 Å². The lowest BCUT2D eigenvalue weighted by Gasteiger charge is -2.08. The topological polar surface area (TPSA) is 67.4 Å². The molecule has 2 amide bonds. The first-order valence-corrected chi connectivity index (χ1v) is 7.74. The molecular formula is C18H18F2N2O3. The third-order valence-corrected chi connectivity index (χ3v) is 3.24. The van der Waals surface area contributed by atoms with Gasteiger partial charge in [-0.15, -0.1) is 0 Å². The second kappa shape index (κ2) is 9.36. The Balaban J connectivity index is 1.62. The number of carbonyl (C=O) groups excluding carboxylic acids is 2. The Morgan fingerprint density at radius 3 is 2.48 bits per heavy atom. The minimum Gasteiger partial charge on any atom is -0.494 e. The van der Waals surface area contributed by atoms with Crippen LogP contribution in [-0.4, -0.2) is 31.5 Å². The van der Waals surface area contributed by atoms with Gasteiger partial charge < -0.3 is 15.4 Å². The lowest BCUT2D eigenvalue weighted by atomic mass is 10.2. The van der Waals surface area contributed by atoms with E-state index in [4.69, 9.17) is 4.74 Å². The average Bonchev–Trinajstić information content (AvgIpc) is 2.60. The predicted octanol–water partition coefficient (Wildman–Crippen LogP) is 2.28. The first-order chi connectivity index (χ1) is 12.1. The number of hydrogen-bond donors (Lipinski definition) is 2. The van der Waals surface area contributed by atoms with Gasteiger partial charge in [-0.2, -0.15) is 0 Å². The molecule has 2 N–H and O–H groups in total. The molecule has 2 aromatic carbocycles. The van der Waals surface area contributed by atoms with Crippen molar-refractivity contribution in [2.75, 3.05) is 19.7 Å². The third kappa shape index (κ3) is 6.21. The van der Waals surface area contributed by atoms with E-state index in [1.807, 2.05) is 30.3 Å². The van der Waals surface area contributed by atoms with E-state index < -0.39 is 23.4 Å². The first kappa shape index (κ1) is 18.4. The third-order valence-electron chi connectivity index (χ3n) is 3.24. The fourth-order valence-corrected chi connectivity index (χ4v) is 2.00. The molecule has 0 fully saturated rings. The molecule has 0 saturated heterocycles. The van der Waals surface area contributed by atoms with Crippen molar-refractivity contribution in [1.29, 1.82) is 0 Å². The van der Waals surface area contributed by atoms with Crippen molar-refractivity contribution in [2.24, 2.45) is 0 Å². The van der Waals surface area contributed by atoms with Crippen LogP contribution >= 0.6 is 0 Å². The zero-order valence-electron chi connectivity index (χ0n) is 13.4. The lowest BCUT2D eigenvalue weighted by Crippen LogP contribution is -2.37. The van der Waals surface area contributed by atoms with Gasteiger partial charge >= 0.3 is 0 Å². The van der Waals surface area contributed by atoms with Crippen molar-refractivity contribution in [3.05, 3.63) is 65.7 Å². The van der Waals surface area contributed by atoms with Gasteiger partial charge in [0, 0.05) is 12.6 Å². The number of rotatable bonds is 8. The number of halogens is 2. The highest BCUT2D eigenvalue weighted by Gasteiger charge is 2.13. The molecule has 25 heavy (non-hydrogen) atoms. The Morgan fingerprint density at radius 1 is 1.00 bits per heavy atom. The summed E-state index contributed by atoms with van der Waals surface area (Å²) in [6, 6.07) is 11.9.